The lowest BCUT2D eigenvalue weighted by Crippen LogP contribution is -2.18. The van der Waals surface area contributed by atoms with Crippen LogP contribution in [-0.2, 0) is 15.8 Å². The molecule has 0 saturated carbocycles. The van der Waals surface area contributed by atoms with Crippen molar-refractivity contribution in [2.24, 2.45) is 0 Å². The predicted octanol–water partition coefficient (Wildman–Crippen LogP) is 3.09. The first kappa shape index (κ1) is 25.0. The number of nitrogens with one attached hydrogen (secondary N) is 4. The Balaban J connectivity index is 1.80. The Kier molecular flexibility index (Phi) is 7.75. The van der Waals surface area contributed by atoms with Gasteiger partial charge in [-0.25, -0.2) is 4.40 Å². The molecule has 0 aliphatic rings. The van der Waals surface area contributed by atoms with Gasteiger partial charge in [-0.05, 0) is 32.0 Å². The van der Waals surface area contributed by atoms with Crippen molar-refractivity contribution >= 4 is 52.6 Å². The number of hydrogen-bond donors (Lipinski definition) is 4. The first-order chi connectivity index (χ1) is 16.1. The predicted molar refractivity (Wildman–Crippen MR) is 122 cm³/mol. The third-order valence-corrected chi connectivity index (χ3v) is 5.11. The van der Waals surface area contributed by atoms with E-state index in [1.165, 1.54) is 11.3 Å². The van der Waals surface area contributed by atoms with Gasteiger partial charge < -0.3 is 21.3 Å². The zero-order valence-corrected chi connectivity index (χ0v) is 19.3. The maximum absolute atomic E-state index is 13.1. The molecule has 3 rings (SSSR count). The number of anilines is 4. The molecule has 2 aromatic heterocycles. The van der Waals surface area contributed by atoms with Gasteiger partial charge >= 0.3 is 6.18 Å². The Morgan fingerprint density at radius 2 is 1.76 bits per heavy atom. The second-order valence-electron chi connectivity index (χ2n) is 6.83. The Labute approximate surface area is 196 Å². The summed E-state index contributed by atoms with van der Waals surface area (Å²) in [5, 5.41) is 19.3. The highest BCUT2D eigenvalue weighted by atomic mass is 32.2. The van der Waals surface area contributed by atoms with Gasteiger partial charge in [0.1, 0.15) is 0 Å². The lowest BCUT2D eigenvalue weighted by molar-refractivity contribution is -0.137. The average Bonchev–Trinajstić information content (AvgIpc) is 3.16. The van der Waals surface area contributed by atoms with Crippen molar-refractivity contribution in [2.45, 2.75) is 32.1 Å². The van der Waals surface area contributed by atoms with Crippen molar-refractivity contribution in [3.05, 3.63) is 23.8 Å². The summed E-state index contributed by atoms with van der Waals surface area (Å²) in [4.78, 5) is 32.6. The van der Waals surface area contributed by atoms with Crippen molar-refractivity contribution in [3.63, 3.8) is 0 Å². The summed E-state index contributed by atoms with van der Waals surface area (Å²) in [6, 6.07) is 2.67. The van der Waals surface area contributed by atoms with Gasteiger partial charge in [-0.15, -0.1) is 10.2 Å². The molecule has 0 bridgehead atoms. The molecule has 15 heteroatoms. The highest BCUT2D eigenvalue weighted by molar-refractivity contribution is 7.99. The van der Waals surface area contributed by atoms with Crippen LogP contribution in [0.25, 0.3) is 5.78 Å². The Hall–Kier alpha value is -3.62. The fourth-order valence-corrected chi connectivity index (χ4v) is 3.56. The van der Waals surface area contributed by atoms with Crippen LogP contribution < -0.4 is 21.3 Å². The van der Waals surface area contributed by atoms with E-state index in [-0.39, 0.29) is 22.9 Å². The molecule has 0 spiro atoms. The minimum absolute atomic E-state index is 0.0468. The number of rotatable bonds is 9. The van der Waals surface area contributed by atoms with Crippen LogP contribution in [-0.4, -0.2) is 55.2 Å². The molecular formula is C19H22F3N9O2S. The highest BCUT2D eigenvalue weighted by Crippen LogP contribution is 2.34. The smallest absolute Gasteiger partial charge is 0.355 e. The van der Waals surface area contributed by atoms with Gasteiger partial charge in [-0.3, -0.25) is 9.59 Å². The van der Waals surface area contributed by atoms with E-state index in [4.69, 9.17) is 0 Å². The molecule has 34 heavy (non-hydrogen) atoms. The molecule has 0 saturated heterocycles. The van der Waals surface area contributed by atoms with Crippen LogP contribution >= 0.6 is 11.8 Å². The maximum Gasteiger partial charge on any atom is 0.416 e. The molecule has 2 amide bonds. The highest BCUT2D eigenvalue weighted by Gasteiger charge is 2.31. The van der Waals surface area contributed by atoms with Crippen molar-refractivity contribution < 1.29 is 22.8 Å². The molecule has 0 atom stereocenters. The fourth-order valence-electron chi connectivity index (χ4n) is 2.84. The van der Waals surface area contributed by atoms with Crippen molar-refractivity contribution in [1.82, 2.24) is 24.6 Å². The monoisotopic (exact) mass is 497 g/mol. The number of amides is 2. The topological polar surface area (TPSA) is 138 Å². The minimum atomic E-state index is -4.61. The number of aromatic nitrogens is 5. The van der Waals surface area contributed by atoms with E-state index in [1.54, 1.807) is 0 Å². The second-order valence-corrected chi connectivity index (χ2v) is 7.77. The molecule has 4 N–H and O–H groups in total. The number of hydrogen-bond acceptors (Lipinski definition) is 9. The Morgan fingerprint density at radius 1 is 1.03 bits per heavy atom. The number of alkyl halides is 3. The van der Waals surface area contributed by atoms with Gasteiger partial charge in [0.15, 0.2) is 5.16 Å². The van der Waals surface area contributed by atoms with Crippen LogP contribution in [0.2, 0.25) is 0 Å². The standard InChI is InChI=1S/C19H22F3N9O2S/c1-4-23-15-27-16(24-5-2)31-17(28-15)29-30-18(31)34-9-14(33)26-13-8-11(19(20,21)22)6-7-12(13)25-10(3)32/h6-8H,4-5,9H2,1-3H3,(H,25,32)(H,26,33)(H2,23,24,27,28,29). The molecular weight excluding hydrogens is 475 g/mol. The second kappa shape index (κ2) is 10.5. The van der Waals surface area contributed by atoms with Gasteiger partial charge in [0.2, 0.25) is 23.7 Å². The van der Waals surface area contributed by atoms with Crippen LogP contribution in [0.4, 0.5) is 36.4 Å². The Morgan fingerprint density at radius 3 is 2.41 bits per heavy atom. The van der Waals surface area contributed by atoms with Crippen LogP contribution in [0.5, 0.6) is 0 Å². The summed E-state index contributed by atoms with van der Waals surface area (Å²) in [5.41, 5.74) is -1.09. The molecule has 11 nitrogen and oxygen atoms in total. The summed E-state index contributed by atoms with van der Waals surface area (Å²) in [5.74, 6) is -0.257. The van der Waals surface area contributed by atoms with Gasteiger partial charge in [-0.2, -0.15) is 23.1 Å². The van der Waals surface area contributed by atoms with E-state index in [0.29, 0.717) is 30.1 Å². The summed E-state index contributed by atoms with van der Waals surface area (Å²) in [6.45, 7) is 6.15. The molecule has 2 heterocycles. The number of carbonyl (C=O) groups excluding carboxylic acids is 2. The van der Waals surface area contributed by atoms with Crippen LogP contribution in [0, 0.1) is 0 Å². The van der Waals surface area contributed by atoms with E-state index in [9.17, 15) is 22.8 Å². The molecule has 182 valence electrons. The first-order valence-electron chi connectivity index (χ1n) is 10.1. The minimum Gasteiger partial charge on any atom is -0.355 e. The number of carbonyl (C=O) groups is 2. The van der Waals surface area contributed by atoms with Gasteiger partial charge in [0.05, 0.1) is 22.7 Å². The summed E-state index contributed by atoms with van der Waals surface area (Å²) < 4.78 is 40.9. The van der Waals surface area contributed by atoms with Crippen LogP contribution in [0.15, 0.2) is 23.4 Å². The third kappa shape index (κ3) is 6.03. The number of fused-ring (bicyclic) bond motifs is 1. The third-order valence-electron chi connectivity index (χ3n) is 4.18. The number of thioether (sulfide) groups is 1. The van der Waals surface area contributed by atoms with Gasteiger partial charge in [0.25, 0.3) is 5.78 Å². The fraction of sp³-hybridized carbons (Fsp3) is 0.368. The van der Waals surface area contributed by atoms with E-state index in [1.807, 2.05) is 13.8 Å². The van der Waals surface area contributed by atoms with Crippen molar-refractivity contribution in [3.8, 4) is 0 Å². The van der Waals surface area contributed by atoms with E-state index in [2.05, 4.69) is 41.4 Å². The summed E-state index contributed by atoms with van der Waals surface area (Å²) >= 11 is 1.00. The lowest BCUT2D eigenvalue weighted by Gasteiger charge is -2.14. The van der Waals surface area contributed by atoms with E-state index in [0.717, 1.165) is 30.0 Å². The average molecular weight is 498 g/mol. The summed E-state index contributed by atoms with van der Waals surface area (Å²) in [6.07, 6.45) is -4.61. The quantitative estimate of drug-likeness (QED) is 0.329. The molecule has 1 aromatic carbocycles. The number of halogens is 3. The molecule has 0 fully saturated rings. The largest absolute Gasteiger partial charge is 0.416 e. The summed E-state index contributed by atoms with van der Waals surface area (Å²) in [7, 11) is 0. The van der Waals surface area contributed by atoms with E-state index >= 15 is 0 Å². The van der Waals surface area contributed by atoms with Crippen molar-refractivity contribution in [2.75, 3.05) is 40.1 Å². The lowest BCUT2D eigenvalue weighted by atomic mass is 10.1. The van der Waals surface area contributed by atoms with Gasteiger partial charge in [0, 0.05) is 20.0 Å². The zero-order valence-electron chi connectivity index (χ0n) is 18.4. The molecule has 0 unspecified atom stereocenters. The van der Waals surface area contributed by atoms with Crippen LogP contribution in [0.3, 0.4) is 0 Å². The van der Waals surface area contributed by atoms with E-state index < -0.39 is 23.6 Å². The van der Waals surface area contributed by atoms with Gasteiger partial charge in [-0.1, -0.05) is 11.8 Å². The molecule has 3 aromatic rings. The molecule has 0 radical (unpaired) electrons. The van der Waals surface area contributed by atoms with Crippen LogP contribution in [0.1, 0.15) is 26.3 Å². The zero-order chi connectivity index (χ0) is 24.9. The van der Waals surface area contributed by atoms with Crippen molar-refractivity contribution in [1.29, 1.82) is 0 Å². The maximum atomic E-state index is 13.1. The SMILES string of the molecule is CCNc1nc(NCC)n2c(SCC(=O)Nc3cc(C(F)(F)F)ccc3NC(C)=O)nnc2n1. The number of benzene rings is 1. The normalized spacial score (nSPS) is 11.4. The molecule has 0 aliphatic carbocycles. The first-order valence-corrected chi connectivity index (χ1v) is 11.1. The Bertz CT molecular complexity index is 1200. The molecule has 0 aliphatic heterocycles. The number of nitrogens with zero attached hydrogens (tertiary/aromatic N) is 5.